The average Bonchev–Trinajstić information content (AvgIpc) is 3.20. The van der Waals surface area contributed by atoms with Crippen LogP contribution in [0.15, 0.2) is 24.3 Å². The van der Waals surface area contributed by atoms with Crippen LogP contribution in [0.25, 0.3) is 0 Å². The summed E-state index contributed by atoms with van der Waals surface area (Å²) in [6.07, 6.45) is 2.65. The van der Waals surface area contributed by atoms with Crippen molar-refractivity contribution < 1.29 is 23.9 Å². The van der Waals surface area contributed by atoms with Crippen molar-refractivity contribution in [2.45, 2.75) is 26.2 Å². The molecule has 1 aliphatic carbocycles. The molecular formula is C19H18ClNO5S. The zero-order valence-corrected chi connectivity index (χ0v) is 16.2. The molecule has 3 rings (SSSR count). The molecule has 27 heavy (non-hydrogen) atoms. The summed E-state index contributed by atoms with van der Waals surface area (Å²) in [4.78, 5) is 37.6. The first-order valence-electron chi connectivity index (χ1n) is 8.54. The molecule has 1 aromatic carbocycles. The van der Waals surface area contributed by atoms with Crippen LogP contribution in [0.3, 0.4) is 0 Å². The Morgan fingerprint density at radius 3 is 2.67 bits per heavy atom. The van der Waals surface area contributed by atoms with Crippen molar-refractivity contribution in [1.82, 2.24) is 0 Å². The maximum atomic E-state index is 12.3. The van der Waals surface area contributed by atoms with Crippen LogP contribution < -0.4 is 5.32 Å². The predicted molar refractivity (Wildman–Crippen MR) is 103 cm³/mol. The Bertz CT molecular complexity index is 892. The Hall–Kier alpha value is -2.38. The molecule has 0 aliphatic heterocycles. The molecule has 0 saturated heterocycles. The fraction of sp³-hybridized carbons (Fsp3) is 0.316. The van der Waals surface area contributed by atoms with Gasteiger partial charge in [-0.2, -0.15) is 0 Å². The Morgan fingerprint density at radius 2 is 1.93 bits per heavy atom. The van der Waals surface area contributed by atoms with Crippen LogP contribution in [0.5, 0.6) is 0 Å². The normalized spacial score (nSPS) is 12.4. The van der Waals surface area contributed by atoms with Crippen molar-refractivity contribution in [3.05, 3.63) is 50.9 Å². The molecule has 1 aliphatic rings. The molecule has 8 heteroatoms. The van der Waals surface area contributed by atoms with Gasteiger partial charge in [0.05, 0.1) is 22.8 Å². The van der Waals surface area contributed by atoms with E-state index in [4.69, 9.17) is 21.1 Å². The molecule has 0 fully saturated rings. The van der Waals surface area contributed by atoms with Gasteiger partial charge in [0.1, 0.15) is 5.00 Å². The van der Waals surface area contributed by atoms with Crippen molar-refractivity contribution in [2.24, 2.45) is 0 Å². The fourth-order valence-electron chi connectivity index (χ4n) is 2.91. The number of amides is 1. The lowest BCUT2D eigenvalue weighted by atomic mass is 10.1. The van der Waals surface area contributed by atoms with E-state index in [9.17, 15) is 14.4 Å². The molecule has 1 amide bonds. The molecular weight excluding hydrogens is 390 g/mol. The highest BCUT2D eigenvalue weighted by atomic mass is 35.5. The molecule has 0 saturated carbocycles. The van der Waals surface area contributed by atoms with E-state index in [1.165, 1.54) is 17.4 Å². The van der Waals surface area contributed by atoms with Gasteiger partial charge in [0.15, 0.2) is 6.61 Å². The minimum Gasteiger partial charge on any atom is -0.462 e. The van der Waals surface area contributed by atoms with Crippen LogP contribution in [0.1, 0.15) is 44.5 Å². The predicted octanol–water partition coefficient (Wildman–Crippen LogP) is 3.86. The number of carbonyl (C=O) groups is 3. The van der Waals surface area contributed by atoms with Crippen molar-refractivity contribution in [3.63, 3.8) is 0 Å². The number of hydrogen-bond donors (Lipinski definition) is 1. The number of anilines is 1. The maximum Gasteiger partial charge on any atom is 0.341 e. The van der Waals surface area contributed by atoms with Gasteiger partial charge >= 0.3 is 11.9 Å². The van der Waals surface area contributed by atoms with Crippen LogP contribution in [-0.4, -0.2) is 31.1 Å². The highest BCUT2D eigenvalue weighted by Gasteiger charge is 2.28. The minimum atomic E-state index is -0.685. The minimum absolute atomic E-state index is 0.189. The number of thiophene rings is 1. The summed E-state index contributed by atoms with van der Waals surface area (Å²) in [6.45, 7) is 1.51. The summed E-state index contributed by atoms with van der Waals surface area (Å²) < 4.78 is 10.1. The van der Waals surface area contributed by atoms with Crippen molar-refractivity contribution >= 4 is 45.8 Å². The lowest BCUT2D eigenvalue weighted by Gasteiger charge is -2.09. The third kappa shape index (κ3) is 4.31. The fourth-order valence-corrected chi connectivity index (χ4v) is 4.42. The smallest absolute Gasteiger partial charge is 0.341 e. The maximum absolute atomic E-state index is 12.3. The van der Waals surface area contributed by atoms with E-state index in [1.807, 2.05) is 0 Å². The second-order valence-corrected chi connectivity index (χ2v) is 7.40. The van der Waals surface area contributed by atoms with E-state index >= 15 is 0 Å². The molecule has 0 unspecified atom stereocenters. The van der Waals surface area contributed by atoms with Crippen molar-refractivity contribution in [3.8, 4) is 0 Å². The molecule has 1 aromatic heterocycles. The number of aryl methyl sites for hydroxylation is 1. The van der Waals surface area contributed by atoms with Gasteiger partial charge in [-0.3, -0.25) is 4.79 Å². The lowest BCUT2D eigenvalue weighted by Crippen LogP contribution is -2.22. The first-order chi connectivity index (χ1) is 13.0. The van der Waals surface area contributed by atoms with Gasteiger partial charge in [0, 0.05) is 4.88 Å². The topological polar surface area (TPSA) is 81.7 Å². The van der Waals surface area contributed by atoms with Crippen LogP contribution >= 0.6 is 22.9 Å². The zero-order chi connectivity index (χ0) is 19.4. The highest BCUT2D eigenvalue weighted by molar-refractivity contribution is 7.17. The second kappa shape index (κ2) is 8.54. The molecule has 2 aromatic rings. The van der Waals surface area contributed by atoms with E-state index < -0.39 is 24.5 Å². The molecule has 1 N–H and O–H groups in total. The van der Waals surface area contributed by atoms with Crippen LogP contribution in [0.4, 0.5) is 5.00 Å². The summed E-state index contributed by atoms with van der Waals surface area (Å²) in [7, 11) is 0. The number of benzene rings is 1. The largest absolute Gasteiger partial charge is 0.462 e. The van der Waals surface area contributed by atoms with E-state index in [0.717, 1.165) is 29.7 Å². The Balaban J connectivity index is 1.67. The summed E-state index contributed by atoms with van der Waals surface area (Å²) in [5.41, 5.74) is 1.55. The number of esters is 2. The standard InChI is InChI=1S/C19H18ClNO5S/c1-2-25-19(24)16-12-7-5-9-14(12)27-17(16)21-15(22)10-26-18(23)11-6-3-4-8-13(11)20/h3-4,6,8H,2,5,7,9-10H2,1H3,(H,21,22). The Labute approximate surface area is 165 Å². The molecule has 6 nitrogen and oxygen atoms in total. The van der Waals surface area contributed by atoms with E-state index in [1.54, 1.807) is 25.1 Å². The number of ether oxygens (including phenoxy) is 2. The van der Waals surface area contributed by atoms with Gasteiger partial charge in [-0.25, -0.2) is 9.59 Å². The van der Waals surface area contributed by atoms with Gasteiger partial charge in [-0.1, -0.05) is 23.7 Å². The first kappa shape index (κ1) is 19.4. The molecule has 142 valence electrons. The van der Waals surface area contributed by atoms with Crippen LogP contribution in [0.2, 0.25) is 5.02 Å². The molecule has 0 radical (unpaired) electrons. The molecule has 0 bridgehead atoms. The first-order valence-corrected chi connectivity index (χ1v) is 9.73. The summed E-state index contributed by atoms with van der Waals surface area (Å²) >= 11 is 7.31. The monoisotopic (exact) mass is 407 g/mol. The molecule has 1 heterocycles. The van der Waals surface area contributed by atoms with Gasteiger partial charge in [0.25, 0.3) is 5.91 Å². The number of halogens is 1. The molecule has 0 atom stereocenters. The Morgan fingerprint density at radius 1 is 1.15 bits per heavy atom. The summed E-state index contributed by atoms with van der Waals surface area (Å²) in [5, 5.41) is 3.36. The van der Waals surface area contributed by atoms with Gasteiger partial charge in [0.2, 0.25) is 0 Å². The quantitative estimate of drug-likeness (QED) is 0.735. The number of fused-ring (bicyclic) bond motifs is 1. The van der Waals surface area contributed by atoms with Gasteiger partial charge < -0.3 is 14.8 Å². The number of nitrogens with one attached hydrogen (secondary N) is 1. The van der Waals surface area contributed by atoms with E-state index in [-0.39, 0.29) is 17.2 Å². The lowest BCUT2D eigenvalue weighted by molar-refractivity contribution is -0.119. The zero-order valence-electron chi connectivity index (χ0n) is 14.7. The summed E-state index contributed by atoms with van der Waals surface area (Å²) in [6, 6.07) is 6.43. The van der Waals surface area contributed by atoms with Gasteiger partial charge in [-0.05, 0) is 43.9 Å². The number of rotatable bonds is 6. The highest BCUT2D eigenvalue weighted by Crippen LogP contribution is 2.39. The summed E-state index contributed by atoms with van der Waals surface area (Å²) in [5.74, 6) is -1.66. The second-order valence-electron chi connectivity index (χ2n) is 5.89. The van der Waals surface area contributed by atoms with Crippen molar-refractivity contribution in [1.29, 1.82) is 0 Å². The number of carbonyl (C=O) groups excluding carboxylic acids is 3. The Kier molecular flexibility index (Phi) is 6.13. The van der Waals surface area contributed by atoms with E-state index in [2.05, 4.69) is 5.32 Å². The molecule has 0 spiro atoms. The van der Waals surface area contributed by atoms with Gasteiger partial charge in [-0.15, -0.1) is 11.3 Å². The van der Waals surface area contributed by atoms with Crippen LogP contribution in [-0.2, 0) is 27.1 Å². The number of hydrogen-bond acceptors (Lipinski definition) is 6. The van der Waals surface area contributed by atoms with E-state index in [0.29, 0.717) is 10.6 Å². The van der Waals surface area contributed by atoms with Crippen LogP contribution in [0, 0.1) is 0 Å². The SMILES string of the molecule is CCOC(=O)c1c(NC(=O)COC(=O)c2ccccc2Cl)sc2c1CCC2. The third-order valence-corrected chi connectivity index (χ3v) is 5.62. The average molecular weight is 408 g/mol. The van der Waals surface area contributed by atoms with Crippen molar-refractivity contribution in [2.75, 3.05) is 18.5 Å². The third-order valence-electron chi connectivity index (χ3n) is 4.08.